The van der Waals surface area contributed by atoms with E-state index in [1.54, 1.807) is 0 Å². The molecule has 0 amide bonds. The van der Waals surface area contributed by atoms with E-state index in [1.807, 2.05) is 0 Å². The van der Waals surface area contributed by atoms with Crippen molar-refractivity contribution in [3.8, 4) is 0 Å². The third-order valence-electron chi connectivity index (χ3n) is 3.14. The zero-order chi connectivity index (χ0) is 15.5. The Labute approximate surface area is 128 Å². The van der Waals surface area contributed by atoms with Crippen LogP contribution in [-0.4, -0.2) is 13.1 Å². The number of esters is 1. The highest BCUT2D eigenvalue weighted by atomic mass is 16.5. The molecule has 2 nitrogen and oxygen atoms in total. The van der Waals surface area contributed by atoms with Gasteiger partial charge in [-0.2, -0.15) is 0 Å². The van der Waals surface area contributed by atoms with Crippen molar-refractivity contribution in [2.45, 2.75) is 46.0 Å². The van der Waals surface area contributed by atoms with Crippen LogP contribution in [0.5, 0.6) is 0 Å². The highest BCUT2D eigenvalue weighted by molar-refractivity contribution is 5.73. The van der Waals surface area contributed by atoms with Crippen molar-refractivity contribution in [2.24, 2.45) is 0 Å². The normalized spacial score (nSPS) is 11.4. The van der Waals surface area contributed by atoms with E-state index in [0.29, 0.717) is 6.42 Å². The smallest absolute Gasteiger partial charge is 0.309 e. The van der Waals surface area contributed by atoms with Crippen molar-refractivity contribution in [1.82, 2.24) is 0 Å². The molecule has 0 aliphatic carbocycles. The molecule has 1 aromatic carbocycles. The Bertz CT molecular complexity index is 464. The van der Waals surface area contributed by atoms with E-state index < -0.39 is 0 Å². The lowest BCUT2D eigenvalue weighted by molar-refractivity contribution is -0.139. The molecule has 0 radical (unpaired) electrons. The Balaban J connectivity index is 2.97. The zero-order valence-corrected chi connectivity index (χ0v) is 13.4. The summed E-state index contributed by atoms with van der Waals surface area (Å²) in [6.45, 7) is 4.33. The summed E-state index contributed by atoms with van der Waals surface area (Å²) in [7, 11) is 1.43. The summed E-state index contributed by atoms with van der Waals surface area (Å²) in [4.78, 5) is 11.5. The van der Waals surface area contributed by atoms with E-state index >= 15 is 0 Å². The first-order chi connectivity index (χ1) is 10.2. The molecule has 0 N–H and O–H groups in total. The zero-order valence-electron chi connectivity index (χ0n) is 13.4. The molecular weight excluding hydrogens is 260 g/mol. The Morgan fingerprint density at radius 1 is 1.00 bits per heavy atom. The molecular formula is C19H26O2. The van der Waals surface area contributed by atoms with Gasteiger partial charge in [0.25, 0.3) is 0 Å². The van der Waals surface area contributed by atoms with Crippen molar-refractivity contribution in [1.29, 1.82) is 0 Å². The quantitative estimate of drug-likeness (QED) is 0.627. The number of hydrogen-bond acceptors (Lipinski definition) is 2. The maximum atomic E-state index is 11.5. The van der Waals surface area contributed by atoms with Gasteiger partial charge in [0.15, 0.2) is 0 Å². The third-order valence-corrected chi connectivity index (χ3v) is 3.14. The van der Waals surface area contributed by atoms with Crippen molar-refractivity contribution >= 4 is 18.1 Å². The number of unbranched alkanes of at least 4 members (excludes halogenated alkanes) is 2. The number of ether oxygens (including phenoxy) is 1. The lowest BCUT2D eigenvalue weighted by Gasteiger charge is -2.05. The van der Waals surface area contributed by atoms with Gasteiger partial charge in [-0.1, -0.05) is 63.1 Å². The van der Waals surface area contributed by atoms with Gasteiger partial charge in [-0.05, 0) is 35.6 Å². The van der Waals surface area contributed by atoms with Crippen LogP contribution in [0, 0.1) is 0 Å². The Kier molecular flexibility index (Phi) is 8.18. The van der Waals surface area contributed by atoms with Gasteiger partial charge in [0, 0.05) is 0 Å². The number of rotatable bonds is 8. The fourth-order valence-corrected chi connectivity index (χ4v) is 2.05. The number of carbonyl (C=O) groups is 1. The predicted octanol–water partition coefficient (Wildman–Crippen LogP) is 5.03. The molecule has 2 heteroatoms. The van der Waals surface area contributed by atoms with E-state index in [0.717, 1.165) is 42.4 Å². The van der Waals surface area contributed by atoms with Gasteiger partial charge in [-0.15, -0.1) is 0 Å². The van der Waals surface area contributed by atoms with Crippen molar-refractivity contribution in [2.75, 3.05) is 7.11 Å². The van der Waals surface area contributed by atoms with Gasteiger partial charge < -0.3 is 4.74 Å². The molecule has 0 saturated carbocycles. The van der Waals surface area contributed by atoms with Gasteiger partial charge in [0.2, 0.25) is 0 Å². The SMILES string of the molecule is CCCC=Cc1cc(C=CCCC)cc(CC(=O)OC)c1. The molecule has 0 aromatic heterocycles. The lowest BCUT2D eigenvalue weighted by Crippen LogP contribution is -2.04. The van der Waals surface area contributed by atoms with E-state index in [-0.39, 0.29) is 5.97 Å². The van der Waals surface area contributed by atoms with E-state index in [1.165, 1.54) is 7.11 Å². The van der Waals surface area contributed by atoms with Crippen LogP contribution in [0.25, 0.3) is 12.2 Å². The minimum atomic E-state index is -0.201. The van der Waals surface area contributed by atoms with Crippen LogP contribution in [0.3, 0.4) is 0 Å². The highest BCUT2D eigenvalue weighted by Gasteiger charge is 2.04. The summed E-state index contributed by atoms with van der Waals surface area (Å²) in [5.74, 6) is -0.201. The summed E-state index contributed by atoms with van der Waals surface area (Å²) in [6.07, 6.45) is 13.4. The molecule has 0 fully saturated rings. The second-order valence-electron chi connectivity index (χ2n) is 5.14. The van der Waals surface area contributed by atoms with Crippen molar-refractivity contribution in [3.63, 3.8) is 0 Å². The molecule has 0 spiro atoms. The number of carbonyl (C=O) groups excluding carboxylic acids is 1. The minimum Gasteiger partial charge on any atom is -0.469 e. The molecule has 1 rings (SSSR count). The summed E-state index contributed by atoms with van der Waals surface area (Å²) in [5, 5.41) is 0. The summed E-state index contributed by atoms with van der Waals surface area (Å²) in [6, 6.07) is 6.26. The molecule has 0 heterocycles. The van der Waals surface area contributed by atoms with Gasteiger partial charge in [-0.3, -0.25) is 4.79 Å². The minimum absolute atomic E-state index is 0.201. The molecule has 0 aliphatic heterocycles. The topological polar surface area (TPSA) is 26.3 Å². The van der Waals surface area contributed by atoms with Gasteiger partial charge >= 0.3 is 5.97 Å². The first kappa shape index (κ1) is 17.2. The van der Waals surface area contributed by atoms with E-state index in [4.69, 9.17) is 4.74 Å². The Hall–Kier alpha value is -1.83. The van der Waals surface area contributed by atoms with E-state index in [2.05, 4.69) is 56.4 Å². The number of benzene rings is 1. The molecule has 21 heavy (non-hydrogen) atoms. The number of methoxy groups -OCH3 is 1. The largest absolute Gasteiger partial charge is 0.469 e. The van der Waals surface area contributed by atoms with Gasteiger partial charge in [0.1, 0.15) is 0 Å². The van der Waals surface area contributed by atoms with Crippen molar-refractivity contribution in [3.05, 3.63) is 47.0 Å². The second kappa shape index (κ2) is 9.98. The first-order valence-corrected chi connectivity index (χ1v) is 7.73. The molecule has 0 atom stereocenters. The molecule has 1 aromatic rings. The maximum absolute atomic E-state index is 11.5. The van der Waals surface area contributed by atoms with Crippen LogP contribution in [0.1, 0.15) is 56.2 Å². The Morgan fingerprint density at radius 3 is 1.95 bits per heavy atom. The average molecular weight is 286 g/mol. The number of allylic oxidation sites excluding steroid dienone is 2. The summed E-state index contributed by atoms with van der Waals surface area (Å²) in [5.41, 5.74) is 3.28. The fraction of sp³-hybridized carbons (Fsp3) is 0.421. The fourth-order valence-electron chi connectivity index (χ4n) is 2.05. The summed E-state index contributed by atoms with van der Waals surface area (Å²) >= 11 is 0. The first-order valence-electron chi connectivity index (χ1n) is 7.73. The molecule has 0 saturated heterocycles. The Morgan fingerprint density at radius 2 is 1.52 bits per heavy atom. The van der Waals surface area contributed by atoms with Crippen LogP contribution in [0.15, 0.2) is 30.4 Å². The second-order valence-corrected chi connectivity index (χ2v) is 5.14. The van der Waals surface area contributed by atoms with Crippen molar-refractivity contribution < 1.29 is 9.53 Å². The summed E-state index contributed by atoms with van der Waals surface area (Å²) < 4.78 is 4.76. The van der Waals surface area contributed by atoms with E-state index in [9.17, 15) is 4.79 Å². The lowest BCUT2D eigenvalue weighted by atomic mass is 10.0. The predicted molar refractivity (Wildman–Crippen MR) is 90.0 cm³/mol. The standard InChI is InChI=1S/C19H26O2/c1-4-6-8-10-16-12-17(11-9-7-5-2)14-18(13-16)15-19(20)21-3/h8-14H,4-7,15H2,1-3H3. The van der Waals surface area contributed by atoms with Crippen LogP contribution >= 0.6 is 0 Å². The molecule has 0 bridgehead atoms. The third kappa shape index (κ3) is 6.94. The van der Waals surface area contributed by atoms with Crippen LogP contribution in [0.4, 0.5) is 0 Å². The number of hydrogen-bond donors (Lipinski definition) is 0. The molecule has 0 aliphatic rings. The van der Waals surface area contributed by atoms with Crippen LogP contribution in [0.2, 0.25) is 0 Å². The van der Waals surface area contributed by atoms with Crippen LogP contribution in [-0.2, 0) is 16.0 Å². The maximum Gasteiger partial charge on any atom is 0.309 e. The molecule has 0 unspecified atom stereocenters. The van der Waals surface area contributed by atoms with Gasteiger partial charge in [-0.25, -0.2) is 0 Å². The monoisotopic (exact) mass is 286 g/mol. The average Bonchev–Trinajstić information content (AvgIpc) is 2.47. The van der Waals surface area contributed by atoms with Gasteiger partial charge in [0.05, 0.1) is 13.5 Å². The highest BCUT2D eigenvalue weighted by Crippen LogP contribution is 2.15. The van der Waals surface area contributed by atoms with Crippen LogP contribution < -0.4 is 0 Å². The molecule has 114 valence electrons.